The molecule has 0 spiro atoms. The van der Waals surface area contributed by atoms with Crippen LogP contribution < -0.4 is 16.0 Å². The number of anilines is 1. The molecule has 3 rings (SSSR count). The van der Waals surface area contributed by atoms with Gasteiger partial charge in [0.05, 0.1) is 0 Å². The normalized spacial score (nSPS) is 30.5. The zero-order valence-corrected chi connectivity index (χ0v) is 12.0. The van der Waals surface area contributed by atoms with Crippen LogP contribution in [0.1, 0.15) is 30.4 Å². The van der Waals surface area contributed by atoms with Gasteiger partial charge in [-0.1, -0.05) is 12.1 Å². The molecule has 2 heterocycles. The molecular weight excluding hydrogens is 234 g/mol. The van der Waals surface area contributed by atoms with Gasteiger partial charge in [-0.15, -0.1) is 0 Å². The second-order valence-corrected chi connectivity index (χ2v) is 6.21. The Balaban J connectivity index is 1.88. The third-order valence-electron chi connectivity index (χ3n) is 4.87. The van der Waals surface area contributed by atoms with Gasteiger partial charge >= 0.3 is 0 Å². The number of hydrogen-bond acceptors (Lipinski definition) is 3. The smallest absolute Gasteiger partial charge is 0.0397 e. The lowest BCUT2D eigenvalue weighted by atomic mass is 9.78. The van der Waals surface area contributed by atoms with Gasteiger partial charge in [-0.05, 0) is 61.9 Å². The van der Waals surface area contributed by atoms with Gasteiger partial charge in [0.2, 0.25) is 0 Å². The second-order valence-electron chi connectivity index (χ2n) is 6.21. The van der Waals surface area contributed by atoms with E-state index in [4.69, 9.17) is 5.73 Å². The van der Waals surface area contributed by atoms with Crippen LogP contribution in [-0.4, -0.2) is 32.7 Å². The molecule has 0 bridgehead atoms. The van der Waals surface area contributed by atoms with Crippen LogP contribution in [0.4, 0.5) is 5.69 Å². The third kappa shape index (κ3) is 2.37. The summed E-state index contributed by atoms with van der Waals surface area (Å²) in [6, 6.07) is 7.66. The molecule has 0 radical (unpaired) electrons. The van der Waals surface area contributed by atoms with Crippen LogP contribution in [0.5, 0.6) is 0 Å². The van der Waals surface area contributed by atoms with Gasteiger partial charge in [-0.25, -0.2) is 0 Å². The van der Waals surface area contributed by atoms with Crippen molar-refractivity contribution in [3.63, 3.8) is 0 Å². The molecule has 3 N–H and O–H groups in total. The zero-order chi connectivity index (χ0) is 13.4. The molecule has 1 fully saturated rings. The first kappa shape index (κ1) is 12.9. The van der Waals surface area contributed by atoms with Crippen LogP contribution in [0.3, 0.4) is 0 Å². The number of nitrogens with one attached hydrogen (secondary N) is 1. The van der Waals surface area contributed by atoms with Crippen molar-refractivity contribution in [2.45, 2.75) is 31.7 Å². The molecule has 3 nitrogen and oxygen atoms in total. The molecule has 0 aliphatic carbocycles. The molecule has 3 atom stereocenters. The van der Waals surface area contributed by atoms with E-state index in [0.717, 1.165) is 19.6 Å². The summed E-state index contributed by atoms with van der Waals surface area (Å²) < 4.78 is 0. The number of hydrogen-bond donors (Lipinski definition) is 2. The van der Waals surface area contributed by atoms with E-state index in [-0.39, 0.29) is 0 Å². The summed E-state index contributed by atoms with van der Waals surface area (Å²) in [7, 11) is 2.18. The molecular formula is C16H25N3. The molecule has 1 saturated heterocycles. The minimum atomic E-state index is 0.577. The van der Waals surface area contributed by atoms with Crippen LogP contribution in [0.15, 0.2) is 18.2 Å². The first-order chi connectivity index (χ1) is 9.19. The van der Waals surface area contributed by atoms with Crippen molar-refractivity contribution in [3.05, 3.63) is 29.3 Å². The summed E-state index contributed by atoms with van der Waals surface area (Å²) in [5.41, 5.74) is 10.4. The second kappa shape index (κ2) is 5.14. The lowest BCUT2D eigenvalue weighted by molar-refractivity contribution is 0.285. The zero-order valence-electron chi connectivity index (χ0n) is 12.0. The Labute approximate surface area is 116 Å². The summed E-state index contributed by atoms with van der Waals surface area (Å²) in [6.07, 6.45) is 2.39. The minimum absolute atomic E-state index is 0.577. The van der Waals surface area contributed by atoms with E-state index in [2.05, 4.69) is 42.4 Å². The molecule has 3 unspecified atom stereocenters. The Kier molecular flexibility index (Phi) is 3.50. The Hall–Kier alpha value is -1.06. The fraction of sp³-hybridized carbons (Fsp3) is 0.625. The molecule has 104 valence electrons. The number of piperidine rings is 1. The summed E-state index contributed by atoms with van der Waals surface area (Å²) in [5.74, 6) is 1.20. The molecule has 2 aliphatic rings. The van der Waals surface area contributed by atoms with E-state index in [1.54, 1.807) is 0 Å². The highest BCUT2D eigenvalue weighted by molar-refractivity contribution is 5.58. The molecule has 0 aromatic heterocycles. The SMILES string of the molecule is CC1CC(c2ccc3c(c2)CCN3C)C(CN)CN1. The lowest BCUT2D eigenvalue weighted by Crippen LogP contribution is -2.44. The molecule has 0 saturated carbocycles. The summed E-state index contributed by atoms with van der Waals surface area (Å²) >= 11 is 0. The monoisotopic (exact) mass is 259 g/mol. The molecule has 0 amide bonds. The summed E-state index contributed by atoms with van der Waals surface area (Å²) in [5, 5.41) is 3.55. The maximum atomic E-state index is 5.96. The Morgan fingerprint density at radius 2 is 2.26 bits per heavy atom. The van der Waals surface area contributed by atoms with Gasteiger partial charge in [0.1, 0.15) is 0 Å². The van der Waals surface area contributed by atoms with Crippen LogP contribution in [0.2, 0.25) is 0 Å². The number of likely N-dealkylation sites (N-methyl/N-ethyl adjacent to an activating group) is 1. The van der Waals surface area contributed by atoms with E-state index in [1.807, 2.05) is 0 Å². The number of nitrogens with zero attached hydrogens (tertiary/aromatic N) is 1. The van der Waals surface area contributed by atoms with Gasteiger partial charge in [0.15, 0.2) is 0 Å². The van der Waals surface area contributed by atoms with Gasteiger partial charge in [0.25, 0.3) is 0 Å². The highest BCUT2D eigenvalue weighted by Crippen LogP contribution is 2.36. The Morgan fingerprint density at radius 3 is 3.05 bits per heavy atom. The fourth-order valence-electron chi connectivity index (χ4n) is 3.62. The topological polar surface area (TPSA) is 41.3 Å². The van der Waals surface area contributed by atoms with E-state index in [1.165, 1.54) is 29.7 Å². The molecule has 2 aliphatic heterocycles. The van der Waals surface area contributed by atoms with E-state index >= 15 is 0 Å². The highest BCUT2D eigenvalue weighted by Gasteiger charge is 2.29. The molecule has 1 aromatic rings. The van der Waals surface area contributed by atoms with Crippen molar-refractivity contribution in [2.24, 2.45) is 11.7 Å². The first-order valence-electron chi connectivity index (χ1n) is 7.46. The fourth-order valence-corrected chi connectivity index (χ4v) is 3.62. The summed E-state index contributed by atoms with van der Waals surface area (Å²) in [4.78, 5) is 2.35. The van der Waals surface area contributed by atoms with Crippen molar-refractivity contribution in [1.82, 2.24) is 5.32 Å². The van der Waals surface area contributed by atoms with Gasteiger partial charge in [-0.3, -0.25) is 0 Å². The largest absolute Gasteiger partial charge is 0.374 e. The van der Waals surface area contributed by atoms with E-state index in [9.17, 15) is 0 Å². The van der Waals surface area contributed by atoms with Crippen LogP contribution in [0.25, 0.3) is 0 Å². The standard InChI is InChI=1S/C16H25N3/c1-11-7-15(14(9-17)10-18-11)12-3-4-16-13(8-12)5-6-19(16)2/h3-4,8,11,14-15,18H,5-7,9-10,17H2,1-2H3. The quantitative estimate of drug-likeness (QED) is 0.850. The lowest BCUT2D eigenvalue weighted by Gasteiger charge is -2.35. The van der Waals surface area contributed by atoms with Crippen molar-refractivity contribution in [2.75, 3.05) is 31.6 Å². The minimum Gasteiger partial charge on any atom is -0.374 e. The van der Waals surface area contributed by atoms with Crippen LogP contribution >= 0.6 is 0 Å². The predicted octanol–water partition coefficient (Wildman–Crippen LogP) is 1.72. The van der Waals surface area contributed by atoms with Crippen molar-refractivity contribution in [1.29, 1.82) is 0 Å². The average molecular weight is 259 g/mol. The Bertz CT molecular complexity index is 457. The number of benzene rings is 1. The van der Waals surface area contributed by atoms with Crippen LogP contribution in [0, 0.1) is 5.92 Å². The molecule has 19 heavy (non-hydrogen) atoms. The number of nitrogens with two attached hydrogens (primary N) is 1. The Morgan fingerprint density at radius 1 is 1.42 bits per heavy atom. The van der Waals surface area contributed by atoms with Crippen molar-refractivity contribution in [3.8, 4) is 0 Å². The van der Waals surface area contributed by atoms with Gasteiger partial charge in [0, 0.05) is 25.3 Å². The number of fused-ring (bicyclic) bond motifs is 1. The van der Waals surface area contributed by atoms with Crippen LogP contribution in [-0.2, 0) is 6.42 Å². The van der Waals surface area contributed by atoms with E-state index in [0.29, 0.717) is 17.9 Å². The van der Waals surface area contributed by atoms with Crippen molar-refractivity contribution >= 4 is 5.69 Å². The first-order valence-corrected chi connectivity index (χ1v) is 7.46. The summed E-state index contributed by atoms with van der Waals surface area (Å²) in [6.45, 7) is 5.27. The molecule has 1 aromatic carbocycles. The maximum Gasteiger partial charge on any atom is 0.0397 e. The van der Waals surface area contributed by atoms with Crippen molar-refractivity contribution < 1.29 is 0 Å². The highest BCUT2D eigenvalue weighted by atomic mass is 15.1. The van der Waals surface area contributed by atoms with Gasteiger partial charge in [-0.2, -0.15) is 0 Å². The molecule has 3 heteroatoms. The average Bonchev–Trinajstić information content (AvgIpc) is 2.80. The maximum absolute atomic E-state index is 5.96. The number of rotatable bonds is 2. The van der Waals surface area contributed by atoms with E-state index < -0.39 is 0 Å². The van der Waals surface area contributed by atoms with Gasteiger partial charge < -0.3 is 16.0 Å². The third-order valence-corrected chi connectivity index (χ3v) is 4.87. The predicted molar refractivity (Wildman–Crippen MR) is 80.8 cm³/mol.